The van der Waals surface area contributed by atoms with Crippen LogP contribution in [0.2, 0.25) is 0 Å². The van der Waals surface area contributed by atoms with Crippen molar-refractivity contribution in [3.8, 4) is 0 Å². The quantitative estimate of drug-likeness (QED) is 0.145. The van der Waals surface area contributed by atoms with Crippen molar-refractivity contribution >= 4 is 23.0 Å². The van der Waals surface area contributed by atoms with Crippen LogP contribution < -0.4 is 15.1 Å². The van der Waals surface area contributed by atoms with Gasteiger partial charge in [-0.15, -0.1) is 0 Å². The molecule has 3 aromatic carbocycles. The van der Waals surface area contributed by atoms with Gasteiger partial charge in [0.15, 0.2) is 0 Å². The predicted octanol–water partition coefficient (Wildman–Crippen LogP) is 10.1. The molecule has 2 N–H and O–H groups in total. The standard InChI is InChI=1S/C35H38F9N3O2/c1-3-22-7-12-30(13-8-22)47(20-24-15-27(33(36,37)38)18-28(16-24)34(39,40)41)21-26-17-29(45-35(42,43)44)11-14-31(26)46(4-2)19-23-5-9-25(10-6-23)32(48)49/h7-8,11-18,23,25,45H,3-6,9-10,19-21H2,1-2H3,(H,48,49). The molecule has 1 aliphatic rings. The van der Waals surface area contributed by atoms with Gasteiger partial charge in [-0.25, -0.2) is 0 Å². The maximum absolute atomic E-state index is 13.7. The van der Waals surface area contributed by atoms with Crippen LogP contribution in [-0.4, -0.2) is 30.5 Å². The normalized spacial score (nSPS) is 17.1. The summed E-state index contributed by atoms with van der Waals surface area (Å²) >= 11 is 0. The summed E-state index contributed by atoms with van der Waals surface area (Å²) in [6.07, 6.45) is -11.9. The highest BCUT2D eigenvalue weighted by atomic mass is 19.4. The topological polar surface area (TPSA) is 55.8 Å². The summed E-state index contributed by atoms with van der Waals surface area (Å²) in [6, 6.07) is 12.3. The summed E-state index contributed by atoms with van der Waals surface area (Å²) in [7, 11) is 0. The van der Waals surface area contributed by atoms with E-state index in [1.54, 1.807) is 24.3 Å². The van der Waals surface area contributed by atoms with Gasteiger partial charge in [0.1, 0.15) is 0 Å². The number of nitrogens with zero attached hydrogens (tertiary/aromatic N) is 2. The molecular formula is C35H38F9N3O2. The molecule has 3 aromatic rings. The summed E-state index contributed by atoms with van der Waals surface area (Å²) in [4.78, 5) is 14.9. The van der Waals surface area contributed by atoms with Gasteiger partial charge in [0, 0.05) is 43.2 Å². The number of rotatable bonds is 12. The van der Waals surface area contributed by atoms with E-state index in [0.29, 0.717) is 74.3 Å². The molecule has 0 spiro atoms. The summed E-state index contributed by atoms with van der Waals surface area (Å²) < 4.78 is 123. The molecule has 14 heteroatoms. The second-order valence-electron chi connectivity index (χ2n) is 12.4. The summed E-state index contributed by atoms with van der Waals surface area (Å²) in [5.41, 5.74) is -1.23. The molecule has 0 amide bonds. The minimum Gasteiger partial charge on any atom is -0.481 e. The van der Waals surface area contributed by atoms with Crippen LogP contribution in [-0.2, 0) is 36.7 Å². The Balaban J connectivity index is 1.77. The van der Waals surface area contributed by atoms with Crippen molar-refractivity contribution in [2.45, 2.75) is 77.7 Å². The van der Waals surface area contributed by atoms with Gasteiger partial charge in [-0.3, -0.25) is 10.1 Å². The molecule has 1 fully saturated rings. The Morgan fingerprint density at radius 2 is 1.35 bits per heavy atom. The molecular weight excluding hydrogens is 665 g/mol. The van der Waals surface area contributed by atoms with Gasteiger partial charge in [-0.2, -0.15) is 39.5 Å². The van der Waals surface area contributed by atoms with Crippen LogP contribution in [0, 0.1) is 11.8 Å². The Labute approximate surface area is 278 Å². The highest BCUT2D eigenvalue weighted by Crippen LogP contribution is 2.38. The van der Waals surface area contributed by atoms with E-state index in [2.05, 4.69) is 0 Å². The molecule has 1 saturated carbocycles. The average Bonchev–Trinajstić information content (AvgIpc) is 3.02. The van der Waals surface area contributed by atoms with Crippen molar-refractivity contribution in [3.05, 3.63) is 88.5 Å². The largest absolute Gasteiger partial charge is 0.482 e. The van der Waals surface area contributed by atoms with E-state index in [9.17, 15) is 49.4 Å². The average molecular weight is 704 g/mol. The zero-order valence-electron chi connectivity index (χ0n) is 26.9. The highest BCUT2D eigenvalue weighted by molar-refractivity contribution is 5.70. The summed E-state index contributed by atoms with van der Waals surface area (Å²) in [6.45, 7) is 4.11. The molecule has 0 radical (unpaired) electrons. The van der Waals surface area contributed by atoms with E-state index < -0.39 is 48.2 Å². The third-order valence-corrected chi connectivity index (χ3v) is 8.85. The second kappa shape index (κ2) is 15.2. The van der Waals surface area contributed by atoms with E-state index in [4.69, 9.17) is 0 Å². The van der Waals surface area contributed by atoms with E-state index >= 15 is 0 Å². The number of anilines is 3. The lowest BCUT2D eigenvalue weighted by molar-refractivity contribution is -0.144. The SMILES string of the molecule is CCc1ccc(N(Cc2cc(C(F)(F)F)cc(C(F)(F)F)c2)Cc2cc(NC(F)(F)F)ccc2N(CC)CC2CCC(C(=O)O)CC2)cc1. The van der Waals surface area contributed by atoms with E-state index in [0.717, 1.165) is 5.56 Å². The highest BCUT2D eigenvalue weighted by Gasteiger charge is 2.37. The van der Waals surface area contributed by atoms with E-state index in [1.807, 2.05) is 18.7 Å². The fraction of sp³-hybridized carbons (Fsp3) is 0.457. The minimum atomic E-state index is -5.06. The van der Waals surface area contributed by atoms with Crippen LogP contribution in [0.3, 0.4) is 0 Å². The van der Waals surface area contributed by atoms with Crippen LogP contribution in [0.5, 0.6) is 0 Å². The molecule has 5 nitrogen and oxygen atoms in total. The molecule has 268 valence electrons. The molecule has 0 atom stereocenters. The van der Waals surface area contributed by atoms with Gasteiger partial charge in [-0.05, 0) is 110 Å². The predicted molar refractivity (Wildman–Crippen MR) is 169 cm³/mol. The molecule has 0 heterocycles. The number of aryl methyl sites for hydroxylation is 1. The third-order valence-electron chi connectivity index (χ3n) is 8.85. The minimum absolute atomic E-state index is 0.0529. The number of carboxylic acids is 1. The maximum Gasteiger partial charge on any atom is 0.482 e. The van der Waals surface area contributed by atoms with Crippen molar-refractivity contribution < 1.29 is 49.4 Å². The van der Waals surface area contributed by atoms with Crippen molar-refractivity contribution in [1.82, 2.24) is 0 Å². The van der Waals surface area contributed by atoms with Gasteiger partial charge in [0.2, 0.25) is 0 Å². The van der Waals surface area contributed by atoms with Crippen molar-refractivity contribution in [2.24, 2.45) is 11.8 Å². The molecule has 0 aliphatic heterocycles. The van der Waals surface area contributed by atoms with E-state index in [1.165, 1.54) is 28.4 Å². The van der Waals surface area contributed by atoms with Crippen LogP contribution in [0.15, 0.2) is 60.7 Å². The molecule has 49 heavy (non-hydrogen) atoms. The number of nitrogens with one attached hydrogen (secondary N) is 1. The van der Waals surface area contributed by atoms with Crippen LogP contribution >= 0.6 is 0 Å². The number of carboxylic acid groups (broad SMARTS) is 1. The number of benzene rings is 3. The van der Waals surface area contributed by atoms with Crippen molar-refractivity contribution in [1.29, 1.82) is 0 Å². The Bertz CT molecular complexity index is 1530. The lowest BCUT2D eigenvalue weighted by Crippen LogP contribution is -2.34. The van der Waals surface area contributed by atoms with Gasteiger partial charge in [0.25, 0.3) is 0 Å². The van der Waals surface area contributed by atoms with E-state index in [-0.39, 0.29) is 29.8 Å². The zero-order valence-corrected chi connectivity index (χ0v) is 26.9. The van der Waals surface area contributed by atoms with Gasteiger partial charge in [-0.1, -0.05) is 19.1 Å². The second-order valence-corrected chi connectivity index (χ2v) is 12.4. The van der Waals surface area contributed by atoms with Gasteiger partial charge in [0.05, 0.1) is 17.0 Å². The fourth-order valence-electron chi connectivity index (χ4n) is 6.28. The monoisotopic (exact) mass is 703 g/mol. The number of hydrogen-bond acceptors (Lipinski definition) is 4. The first-order chi connectivity index (χ1) is 22.9. The Morgan fingerprint density at radius 1 is 0.755 bits per heavy atom. The van der Waals surface area contributed by atoms with Gasteiger partial charge >= 0.3 is 24.6 Å². The van der Waals surface area contributed by atoms with Crippen molar-refractivity contribution in [3.63, 3.8) is 0 Å². The lowest BCUT2D eigenvalue weighted by atomic mass is 9.81. The lowest BCUT2D eigenvalue weighted by Gasteiger charge is -2.35. The number of carbonyl (C=O) groups is 1. The zero-order chi connectivity index (χ0) is 36.1. The Morgan fingerprint density at radius 3 is 1.84 bits per heavy atom. The Kier molecular flexibility index (Phi) is 11.7. The van der Waals surface area contributed by atoms with Crippen molar-refractivity contribution in [2.75, 3.05) is 28.2 Å². The first kappa shape index (κ1) is 37.7. The third kappa shape index (κ3) is 10.4. The molecule has 0 bridgehead atoms. The Hall–Kier alpha value is -4.10. The number of hydrogen-bond donors (Lipinski definition) is 2. The van der Waals surface area contributed by atoms with Crippen LogP contribution in [0.1, 0.15) is 67.3 Å². The number of halogens is 9. The number of aliphatic carboxylic acids is 1. The maximum atomic E-state index is 13.7. The molecule has 0 saturated heterocycles. The fourth-order valence-corrected chi connectivity index (χ4v) is 6.28. The molecule has 1 aliphatic carbocycles. The molecule has 4 rings (SSSR count). The van der Waals surface area contributed by atoms with Gasteiger partial charge < -0.3 is 14.9 Å². The van der Waals surface area contributed by atoms with Crippen LogP contribution in [0.4, 0.5) is 56.6 Å². The summed E-state index contributed by atoms with van der Waals surface area (Å²) in [5.74, 6) is -1.17. The first-order valence-electron chi connectivity index (χ1n) is 15.9. The smallest absolute Gasteiger partial charge is 0.481 e. The first-order valence-corrected chi connectivity index (χ1v) is 15.9. The summed E-state index contributed by atoms with van der Waals surface area (Å²) in [5, 5.41) is 10.9. The number of alkyl halides is 9. The van der Waals surface area contributed by atoms with Crippen LogP contribution in [0.25, 0.3) is 0 Å². The molecule has 0 unspecified atom stereocenters. The molecule has 0 aromatic heterocycles.